The Morgan fingerprint density at radius 3 is 2.62 bits per heavy atom. The Balaban J connectivity index is 1.59. The van der Waals surface area contributed by atoms with E-state index >= 15 is 0 Å². The third kappa shape index (κ3) is 4.33. The molecular weight excluding hydrogens is 495 g/mol. The Morgan fingerprint density at radius 1 is 1.18 bits per heavy atom. The van der Waals surface area contributed by atoms with E-state index in [1.165, 1.54) is 42.4 Å². The van der Waals surface area contributed by atoms with E-state index in [-0.39, 0.29) is 33.9 Å². The number of hydrogen-bond donors (Lipinski definition) is 1. The summed E-state index contributed by atoms with van der Waals surface area (Å²) in [5, 5.41) is 3.94. The van der Waals surface area contributed by atoms with Gasteiger partial charge in [0.15, 0.2) is 5.13 Å². The van der Waals surface area contributed by atoms with Crippen LogP contribution in [0, 0.1) is 0 Å². The van der Waals surface area contributed by atoms with Gasteiger partial charge in [0.1, 0.15) is 0 Å². The van der Waals surface area contributed by atoms with E-state index in [9.17, 15) is 27.6 Å². The fraction of sp³-hybridized carbons (Fsp3) is 0.190. The number of aryl methyl sites for hydroxylation is 1. The van der Waals surface area contributed by atoms with Crippen molar-refractivity contribution in [2.45, 2.75) is 12.6 Å². The van der Waals surface area contributed by atoms with Crippen LogP contribution in [0.15, 0.2) is 45.4 Å². The maximum absolute atomic E-state index is 13.1. The molecule has 0 atom stereocenters. The maximum atomic E-state index is 13.1. The van der Waals surface area contributed by atoms with Crippen LogP contribution in [0.3, 0.4) is 0 Å². The van der Waals surface area contributed by atoms with Gasteiger partial charge in [0.05, 0.1) is 39.3 Å². The van der Waals surface area contributed by atoms with Crippen molar-refractivity contribution in [2.75, 3.05) is 5.32 Å². The molecule has 4 rings (SSSR count). The lowest BCUT2D eigenvalue weighted by atomic mass is 10.1. The van der Waals surface area contributed by atoms with Crippen molar-refractivity contribution in [3.05, 3.63) is 73.0 Å². The lowest BCUT2D eigenvalue weighted by molar-refractivity contribution is -0.137. The first-order valence-electron chi connectivity index (χ1n) is 9.63. The van der Waals surface area contributed by atoms with Gasteiger partial charge in [0, 0.05) is 31.2 Å². The van der Waals surface area contributed by atoms with E-state index < -0.39 is 33.9 Å². The predicted octanol–water partition coefficient (Wildman–Crippen LogP) is 3.61. The molecule has 0 saturated carbocycles. The van der Waals surface area contributed by atoms with Crippen LogP contribution < -0.4 is 16.6 Å². The normalized spacial score (nSPS) is 11.7. The number of pyridine rings is 1. The molecule has 0 spiro atoms. The summed E-state index contributed by atoms with van der Waals surface area (Å²) >= 11 is 6.68. The van der Waals surface area contributed by atoms with Crippen molar-refractivity contribution in [3.8, 4) is 11.3 Å². The Kier molecular flexibility index (Phi) is 6.04. The van der Waals surface area contributed by atoms with Crippen LogP contribution in [-0.2, 0) is 31.5 Å². The summed E-state index contributed by atoms with van der Waals surface area (Å²) in [6.07, 6.45) is -3.50. The van der Waals surface area contributed by atoms with Gasteiger partial charge in [-0.3, -0.25) is 23.7 Å². The minimum Gasteiger partial charge on any atom is -0.302 e. The van der Waals surface area contributed by atoms with Crippen LogP contribution >= 0.6 is 22.9 Å². The molecule has 1 N–H and O–H groups in total. The number of amides is 1. The van der Waals surface area contributed by atoms with Gasteiger partial charge in [-0.2, -0.15) is 13.2 Å². The van der Waals surface area contributed by atoms with E-state index in [2.05, 4.69) is 15.3 Å². The SMILES string of the molecule is Cn1c(=O)c2c(CC(=O)Nc3nc(-c4ccc(Cl)c(C(F)(F)F)c4)cs3)nccc2n(C)c1=O. The molecular formula is C21H15ClF3N5O3S. The van der Waals surface area contributed by atoms with Gasteiger partial charge in [-0.15, -0.1) is 11.3 Å². The smallest absolute Gasteiger partial charge is 0.302 e. The van der Waals surface area contributed by atoms with Gasteiger partial charge in [0.2, 0.25) is 5.91 Å². The van der Waals surface area contributed by atoms with Crippen LogP contribution in [0.25, 0.3) is 22.2 Å². The first-order valence-corrected chi connectivity index (χ1v) is 10.9. The first kappa shape index (κ1) is 23.6. The maximum Gasteiger partial charge on any atom is 0.417 e. The van der Waals surface area contributed by atoms with Crippen molar-refractivity contribution in [3.63, 3.8) is 0 Å². The number of alkyl halides is 3. The summed E-state index contributed by atoms with van der Waals surface area (Å²) in [6.45, 7) is 0. The van der Waals surface area contributed by atoms with Gasteiger partial charge in [-0.05, 0) is 18.2 Å². The summed E-state index contributed by atoms with van der Waals surface area (Å²) in [4.78, 5) is 45.7. The van der Waals surface area contributed by atoms with Gasteiger partial charge < -0.3 is 5.32 Å². The summed E-state index contributed by atoms with van der Waals surface area (Å²) in [6, 6.07) is 4.94. The summed E-state index contributed by atoms with van der Waals surface area (Å²) in [7, 11) is 2.84. The number of hydrogen-bond acceptors (Lipinski definition) is 6. The lowest BCUT2D eigenvalue weighted by Crippen LogP contribution is -2.37. The van der Waals surface area contributed by atoms with Crippen LogP contribution in [0.4, 0.5) is 18.3 Å². The largest absolute Gasteiger partial charge is 0.417 e. The molecule has 0 unspecified atom stereocenters. The number of carbonyl (C=O) groups is 1. The minimum atomic E-state index is -4.62. The van der Waals surface area contributed by atoms with Crippen molar-refractivity contribution in [1.82, 2.24) is 19.1 Å². The molecule has 0 aliphatic rings. The zero-order valence-corrected chi connectivity index (χ0v) is 19.2. The second kappa shape index (κ2) is 8.69. The monoisotopic (exact) mass is 509 g/mol. The van der Waals surface area contributed by atoms with Gasteiger partial charge in [-0.25, -0.2) is 9.78 Å². The quantitative estimate of drug-likeness (QED) is 0.453. The molecule has 13 heteroatoms. The number of anilines is 1. The molecule has 34 heavy (non-hydrogen) atoms. The summed E-state index contributed by atoms with van der Waals surface area (Å²) in [5.74, 6) is -0.538. The third-order valence-corrected chi connectivity index (χ3v) is 6.19. The Hall–Kier alpha value is -3.51. The molecule has 4 aromatic rings. The molecule has 3 aromatic heterocycles. The number of nitrogens with one attached hydrogen (secondary N) is 1. The number of aromatic nitrogens is 4. The number of benzene rings is 1. The van der Waals surface area contributed by atoms with Gasteiger partial charge in [0.25, 0.3) is 5.56 Å². The van der Waals surface area contributed by atoms with Crippen LogP contribution in [0.5, 0.6) is 0 Å². The average molecular weight is 510 g/mol. The number of fused-ring (bicyclic) bond motifs is 1. The molecule has 0 aliphatic carbocycles. The zero-order chi connectivity index (χ0) is 24.8. The standard InChI is InChI=1S/C21H15ClF3N5O3S/c1-29-15-5-6-26-13(17(15)18(32)30(2)20(29)33)8-16(31)28-19-27-14(9-34-19)10-3-4-12(22)11(7-10)21(23,24)25/h3-7,9H,8H2,1-2H3,(H,27,28,31). The van der Waals surface area contributed by atoms with Crippen LogP contribution in [0.1, 0.15) is 11.3 Å². The molecule has 0 aliphatic heterocycles. The molecule has 8 nitrogen and oxygen atoms in total. The highest BCUT2D eigenvalue weighted by atomic mass is 35.5. The number of carbonyl (C=O) groups excluding carboxylic acids is 1. The molecule has 0 bridgehead atoms. The fourth-order valence-electron chi connectivity index (χ4n) is 3.40. The van der Waals surface area contributed by atoms with Crippen molar-refractivity contribution in [1.29, 1.82) is 0 Å². The van der Waals surface area contributed by atoms with Crippen molar-refractivity contribution < 1.29 is 18.0 Å². The second-order valence-corrected chi connectivity index (χ2v) is 8.58. The van der Waals surface area contributed by atoms with Gasteiger partial charge >= 0.3 is 11.9 Å². The van der Waals surface area contributed by atoms with E-state index in [0.29, 0.717) is 5.52 Å². The van der Waals surface area contributed by atoms with E-state index in [1.807, 2.05) is 0 Å². The number of nitrogens with zero attached hydrogens (tertiary/aromatic N) is 4. The van der Waals surface area contributed by atoms with Gasteiger partial charge in [-0.1, -0.05) is 17.7 Å². The minimum absolute atomic E-state index is 0.142. The van der Waals surface area contributed by atoms with Crippen LogP contribution in [0.2, 0.25) is 5.02 Å². The fourth-order valence-corrected chi connectivity index (χ4v) is 4.36. The summed E-state index contributed by atoms with van der Waals surface area (Å²) < 4.78 is 41.6. The highest BCUT2D eigenvalue weighted by Crippen LogP contribution is 2.37. The topological polar surface area (TPSA) is 98.9 Å². The molecule has 0 fully saturated rings. The lowest BCUT2D eigenvalue weighted by Gasteiger charge is -2.10. The van der Waals surface area contributed by atoms with E-state index in [1.54, 1.807) is 0 Å². The third-order valence-electron chi connectivity index (χ3n) is 5.11. The predicted molar refractivity (Wildman–Crippen MR) is 122 cm³/mol. The highest BCUT2D eigenvalue weighted by molar-refractivity contribution is 7.14. The van der Waals surface area contributed by atoms with E-state index in [0.717, 1.165) is 28.0 Å². The molecule has 3 heterocycles. The number of thiazole rings is 1. The molecule has 1 aromatic carbocycles. The van der Waals surface area contributed by atoms with E-state index in [4.69, 9.17) is 11.6 Å². The number of rotatable bonds is 4. The average Bonchev–Trinajstić information content (AvgIpc) is 3.23. The van der Waals surface area contributed by atoms with Crippen molar-refractivity contribution >= 4 is 44.9 Å². The Morgan fingerprint density at radius 2 is 1.91 bits per heavy atom. The molecule has 1 amide bonds. The van der Waals surface area contributed by atoms with Crippen LogP contribution in [-0.4, -0.2) is 25.0 Å². The number of halogens is 4. The summed E-state index contributed by atoms with van der Waals surface area (Å²) in [5.41, 5.74) is -1.13. The highest BCUT2D eigenvalue weighted by Gasteiger charge is 2.33. The molecule has 176 valence electrons. The Labute approximate surface area is 198 Å². The second-order valence-electron chi connectivity index (χ2n) is 7.31. The zero-order valence-electron chi connectivity index (χ0n) is 17.6. The first-order chi connectivity index (χ1) is 16.0. The Bertz CT molecular complexity index is 1560. The van der Waals surface area contributed by atoms with Crippen molar-refractivity contribution in [2.24, 2.45) is 14.1 Å². The molecule has 0 saturated heterocycles. The molecule has 0 radical (unpaired) electrons.